The summed E-state index contributed by atoms with van der Waals surface area (Å²) < 4.78 is 1.58. The quantitative estimate of drug-likeness (QED) is 0.424. The maximum atomic E-state index is 14.0. The van der Waals surface area contributed by atoms with Crippen molar-refractivity contribution >= 4 is 29.0 Å². The molecule has 0 aliphatic carbocycles. The van der Waals surface area contributed by atoms with E-state index in [1.54, 1.807) is 47.4 Å². The highest BCUT2D eigenvalue weighted by Gasteiger charge is 2.45. The average Bonchev–Trinajstić information content (AvgIpc) is 3.27. The molecule has 28 heavy (non-hydrogen) atoms. The van der Waals surface area contributed by atoms with Gasteiger partial charge in [-0.25, -0.2) is 9.67 Å². The summed E-state index contributed by atoms with van der Waals surface area (Å²) in [6, 6.07) is 23.5. The average molecular weight is 408 g/mol. The minimum absolute atomic E-state index is 0.136. The first-order valence-corrected chi connectivity index (χ1v) is 9.35. The van der Waals surface area contributed by atoms with E-state index in [-0.39, 0.29) is 5.78 Å². The highest BCUT2D eigenvalue weighted by atomic mass is 35.5. The molecule has 0 saturated carbocycles. The number of carbonyl (C=O) groups excluding carboxylic acids is 1. The van der Waals surface area contributed by atoms with E-state index < -0.39 is 5.54 Å². The van der Waals surface area contributed by atoms with Gasteiger partial charge in [0.2, 0.25) is 0 Å². The third-order valence-electron chi connectivity index (χ3n) is 4.65. The van der Waals surface area contributed by atoms with Gasteiger partial charge in [-0.15, -0.1) is 0 Å². The van der Waals surface area contributed by atoms with Crippen molar-refractivity contribution in [3.8, 4) is 0 Å². The van der Waals surface area contributed by atoms with Gasteiger partial charge in [0, 0.05) is 15.6 Å². The number of hydrogen-bond donors (Lipinski definition) is 0. The molecule has 0 unspecified atom stereocenters. The number of halogens is 2. The second kappa shape index (κ2) is 7.58. The largest absolute Gasteiger partial charge is 0.291 e. The number of nitrogens with zero attached hydrogens (tertiary/aromatic N) is 3. The van der Waals surface area contributed by atoms with Gasteiger partial charge in [0.05, 0.1) is 0 Å². The summed E-state index contributed by atoms with van der Waals surface area (Å²) in [4.78, 5) is 18.1. The minimum atomic E-state index is -1.26. The van der Waals surface area contributed by atoms with Crippen molar-refractivity contribution in [2.75, 3.05) is 0 Å². The van der Waals surface area contributed by atoms with Gasteiger partial charge in [0.1, 0.15) is 12.7 Å². The fourth-order valence-corrected chi connectivity index (χ4v) is 3.61. The van der Waals surface area contributed by atoms with Gasteiger partial charge in [0.15, 0.2) is 11.3 Å². The van der Waals surface area contributed by atoms with Crippen LogP contribution in [0.25, 0.3) is 0 Å². The molecule has 0 bridgehead atoms. The Morgan fingerprint density at radius 3 is 1.79 bits per heavy atom. The molecule has 0 fully saturated rings. The number of benzene rings is 3. The molecule has 4 nitrogen and oxygen atoms in total. The number of ketones is 1. The SMILES string of the molecule is O=C(c1ccccc1)C(c1ccc(Cl)cc1)(c1ccc(Cl)cc1)n1cncn1. The summed E-state index contributed by atoms with van der Waals surface area (Å²) in [7, 11) is 0. The van der Waals surface area contributed by atoms with Crippen molar-refractivity contribution in [1.29, 1.82) is 0 Å². The molecule has 0 radical (unpaired) electrons. The normalized spacial score (nSPS) is 11.4. The summed E-state index contributed by atoms with van der Waals surface area (Å²) in [6.07, 6.45) is 2.96. The lowest BCUT2D eigenvalue weighted by molar-refractivity contribution is 0.0878. The number of rotatable bonds is 5. The molecule has 138 valence electrons. The van der Waals surface area contributed by atoms with Gasteiger partial charge < -0.3 is 0 Å². The number of hydrogen-bond acceptors (Lipinski definition) is 3. The Kier molecular flexibility index (Phi) is 4.99. The summed E-state index contributed by atoms with van der Waals surface area (Å²) in [6.45, 7) is 0. The molecule has 4 rings (SSSR count). The molecule has 0 saturated heterocycles. The first-order chi connectivity index (χ1) is 13.6. The Morgan fingerprint density at radius 1 is 0.786 bits per heavy atom. The Bertz CT molecular complexity index is 1030. The summed E-state index contributed by atoms with van der Waals surface area (Å²) in [5.74, 6) is -0.136. The van der Waals surface area contributed by atoms with Crippen LogP contribution in [-0.2, 0) is 5.54 Å². The monoisotopic (exact) mass is 407 g/mol. The zero-order valence-electron chi connectivity index (χ0n) is 14.7. The first kappa shape index (κ1) is 18.4. The van der Waals surface area contributed by atoms with Crippen molar-refractivity contribution < 1.29 is 4.79 Å². The van der Waals surface area contributed by atoms with Crippen molar-refractivity contribution in [3.63, 3.8) is 0 Å². The molecule has 3 aromatic carbocycles. The maximum absolute atomic E-state index is 14.0. The van der Waals surface area contributed by atoms with E-state index in [2.05, 4.69) is 10.1 Å². The van der Waals surface area contributed by atoms with E-state index in [1.807, 2.05) is 42.5 Å². The van der Waals surface area contributed by atoms with Gasteiger partial charge in [-0.2, -0.15) is 5.10 Å². The van der Waals surface area contributed by atoms with E-state index in [4.69, 9.17) is 23.2 Å². The van der Waals surface area contributed by atoms with Crippen molar-refractivity contribution in [2.45, 2.75) is 5.54 Å². The molecule has 0 atom stereocenters. The summed E-state index contributed by atoms with van der Waals surface area (Å²) >= 11 is 12.2. The lowest BCUT2D eigenvalue weighted by Gasteiger charge is -2.33. The smallest absolute Gasteiger partial charge is 0.199 e. The zero-order valence-corrected chi connectivity index (χ0v) is 16.2. The molecule has 0 N–H and O–H groups in total. The predicted molar refractivity (Wildman–Crippen MR) is 110 cm³/mol. The second-order valence-electron chi connectivity index (χ2n) is 6.26. The lowest BCUT2D eigenvalue weighted by atomic mass is 9.77. The van der Waals surface area contributed by atoms with Crippen LogP contribution in [0, 0.1) is 0 Å². The third-order valence-corrected chi connectivity index (χ3v) is 5.15. The van der Waals surface area contributed by atoms with Crippen LogP contribution in [0.3, 0.4) is 0 Å². The van der Waals surface area contributed by atoms with E-state index in [0.717, 1.165) is 11.1 Å². The molecule has 0 spiro atoms. The molecule has 1 heterocycles. The van der Waals surface area contributed by atoms with Crippen LogP contribution in [-0.4, -0.2) is 20.5 Å². The van der Waals surface area contributed by atoms with Crippen LogP contribution in [0.15, 0.2) is 91.5 Å². The van der Waals surface area contributed by atoms with Crippen LogP contribution < -0.4 is 0 Å². The van der Waals surface area contributed by atoms with Crippen LogP contribution >= 0.6 is 23.2 Å². The Balaban J connectivity index is 2.06. The fourth-order valence-electron chi connectivity index (χ4n) is 3.36. The highest BCUT2D eigenvalue weighted by molar-refractivity contribution is 6.30. The molecule has 0 aliphatic heterocycles. The molecule has 0 aliphatic rings. The van der Waals surface area contributed by atoms with Crippen molar-refractivity contribution in [3.05, 3.63) is 118 Å². The van der Waals surface area contributed by atoms with Gasteiger partial charge in [-0.05, 0) is 35.4 Å². The van der Waals surface area contributed by atoms with Gasteiger partial charge in [-0.3, -0.25) is 4.79 Å². The molecule has 0 amide bonds. The van der Waals surface area contributed by atoms with Crippen LogP contribution in [0.5, 0.6) is 0 Å². The standard InChI is InChI=1S/C22H15Cl2N3O/c23-19-10-6-17(7-11-19)22(27-15-25-14-26-27,18-8-12-20(24)13-9-18)21(28)16-4-2-1-3-5-16/h1-15H. The van der Waals surface area contributed by atoms with Gasteiger partial charge in [-0.1, -0.05) is 77.8 Å². The van der Waals surface area contributed by atoms with Crippen molar-refractivity contribution in [2.24, 2.45) is 0 Å². The fraction of sp³-hybridized carbons (Fsp3) is 0.0455. The van der Waals surface area contributed by atoms with Crippen LogP contribution in [0.2, 0.25) is 10.0 Å². The molecule has 6 heteroatoms. The molecule has 1 aromatic heterocycles. The lowest BCUT2D eigenvalue weighted by Crippen LogP contribution is -2.44. The topological polar surface area (TPSA) is 47.8 Å². The van der Waals surface area contributed by atoms with E-state index in [1.165, 1.54) is 6.33 Å². The second-order valence-corrected chi connectivity index (χ2v) is 7.13. The summed E-state index contributed by atoms with van der Waals surface area (Å²) in [5, 5.41) is 5.52. The number of Topliss-reactive ketones (excluding diaryl/α,β-unsaturated/α-hetero) is 1. The third kappa shape index (κ3) is 3.11. The minimum Gasteiger partial charge on any atom is -0.291 e. The van der Waals surface area contributed by atoms with Crippen LogP contribution in [0.1, 0.15) is 21.5 Å². The van der Waals surface area contributed by atoms with E-state index >= 15 is 0 Å². The van der Waals surface area contributed by atoms with Crippen molar-refractivity contribution in [1.82, 2.24) is 14.8 Å². The summed E-state index contributed by atoms with van der Waals surface area (Å²) in [5.41, 5.74) is 0.743. The van der Waals surface area contributed by atoms with E-state index in [0.29, 0.717) is 15.6 Å². The number of aromatic nitrogens is 3. The van der Waals surface area contributed by atoms with Crippen LogP contribution in [0.4, 0.5) is 0 Å². The highest BCUT2D eigenvalue weighted by Crippen LogP contribution is 2.38. The zero-order chi connectivity index (χ0) is 19.6. The molecular weight excluding hydrogens is 393 g/mol. The van der Waals surface area contributed by atoms with E-state index in [9.17, 15) is 4.79 Å². The Morgan fingerprint density at radius 2 is 1.32 bits per heavy atom. The van der Waals surface area contributed by atoms with Gasteiger partial charge >= 0.3 is 0 Å². The predicted octanol–water partition coefficient (Wildman–Crippen LogP) is 5.26. The van der Waals surface area contributed by atoms with Gasteiger partial charge in [0.25, 0.3) is 0 Å². The Hall–Kier alpha value is -2.95. The Labute approximate surface area is 172 Å². The molecule has 4 aromatic rings. The first-order valence-electron chi connectivity index (χ1n) is 8.59. The molecular formula is C22H15Cl2N3O. The maximum Gasteiger partial charge on any atom is 0.199 e. The number of carbonyl (C=O) groups is 1.